The summed E-state index contributed by atoms with van der Waals surface area (Å²) < 4.78 is 12.5. The van der Waals surface area contributed by atoms with Gasteiger partial charge >= 0.3 is 0 Å². The van der Waals surface area contributed by atoms with Crippen LogP contribution in [0.4, 0.5) is 0 Å². The van der Waals surface area contributed by atoms with Crippen molar-refractivity contribution in [3.8, 4) is 0 Å². The van der Waals surface area contributed by atoms with Crippen LogP contribution in [0.1, 0.15) is 0 Å². The Bertz CT molecular complexity index is 395. The Balaban J connectivity index is 2.49. The number of halogens is 2. The Morgan fingerprint density at radius 1 is 1.38 bits per heavy atom. The standard InChI is InChI=1S/C9H12Br2N2O3/c1-15-4-5-16-3-2-13-9(14)8(11)7(10)6-12-13/h6H,2-5H2,1H3. The Morgan fingerprint density at radius 2 is 2.12 bits per heavy atom. The molecule has 0 N–H and O–H groups in total. The summed E-state index contributed by atoms with van der Waals surface area (Å²) in [5.74, 6) is 0. The van der Waals surface area contributed by atoms with Gasteiger partial charge in [0.2, 0.25) is 0 Å². The monoisotopic (exact) mass is 354 g/mol. The number of rotatable bonds is 6. The molecule has 0 saturated heterocycles. The zero-order chi connectivity index (χ0) is 12.0. The predicted molar refractivity (Wildman–Crippen MR) is 66.6 cm³/mol. The van der Waals surface area contributed by atoms with Gasteiger partial charge in [-0.25, -0.2) is 4.68 Å². The molecular formula is C9H12Br2N2O3. The second-order valence-electron chi connectivity index (χ2n) is 2.94. The number of ether oxygens (including phenoxy) is 2. The summed E-state index contributed by atoms with van der Waals surface area (Å²) in [6.07, 6.45) is 1.57. The zero-order valence-corrected chi connectivity index (χ0v) is 12.0. The quantitative estimate of drug-likeness (QED) is 0.724. The maximum Gasteiger partial charge on any atom is 0.282 e. The lowest BCUT2D eigenvalue weighted by molar-refractivity contribution is 0.0648. The average Bonchev–Trinajstić information content (AvgIpc) is 2.28. The van der Waals surface area contributed by atoms with E-state index in [1.165, 1.54) is 4.68 Å². The van der Waals surface area contributed by atoms with E-state index in [9.17, 15) is 4.79 Å². The first-order valence-corrected chi connectivity index (χ1v) is 6.23. The number of aromatic nitrogens is 2. The lowest BCUT2D eigenvalue weighted by Crippen LogP contribution is -2.25. The van der Waals surface area contributed by atoms with E-state index in [0.717, 1.165) is 0 Å². The molecule has 0 spiro atoms. The fourth-order valence-electron chi connectivity index (χ4n) is 1.000. The second-order valence-corrected chi connectivity index (χ2v) is 4.59. The van der Waals surface area contributed by atoms with Crippen LogP contribution in [0.3, 0.4) is 0 Å². The van der Waals surface area contributed by atoms with Gasteiger partial charge < -0.3 is 9.47 Å². The number of hydrogen-bond acceptors (Lipinski definition) is 4. The Hall–Kier alpha value is -0.240. The molecule has 0 bridgehead atoms. The van der Waals surface area contributed by atoms with Gasteiger partial charge in [0.05, 0.1) is 37.0 Å². The molecule has 0 aliphatic carbocycles. The molecule has 90 valence electrons. The van der Waals surface area contributed by atoms with Gasteiger partial charge in [-0.3, -0.25) is 4.79 Å². The van der Waals surface area contributed by atoms with Gasteiger partial charge in [-0.15, -0.1) is 0 Å². The second kappa shape index (κ2) is 7.16. The molecule has 16 heavy (non-hydrogen) atoms. The van der Waals surface area contributed by atoms with Crippen LogP contribution in [-0.4, -0.2) is 36.7 Å². The van der Waals surface area contributed by atoms with E-state index < -0.39 is 0 Å². The number of nitrogens with zero attached hydrogens (tertiary/aromatic N) is 2. The molecule has 0 radical (unpaired) electrons. The normalized spacial score (nSPS) is 10.7. The molecule has 0 aliphatic heterocycles. The summed E-state index contributed by atoms with van der Waals surface area (Å²) in [7, 11) is 1.61. The first kappa shape index (κ1) is 13.8. The lowest BCUT2D eigenvalue weighted by atomic mass is 10.5. The van der Waals surface area contributed by atoms with Gasteiger partial charge in [-0.1, -0.05) is 0 Å². The molecule has 1 heterocycles. The molecule has 0 fully saturated rings. The Labute approximate surface area is 110 Å². The molecular weight excluding hydrogens is 344 g/mol. The van der Waals surface area contributed by atoms with Crippen molar-refractivity contribution in [2.75, 3.05) is 26.9 Å². The molecule has 0 amide bonds. The molecule has 0 aliphatic rings. The third-order valence-corrected chi connectivity index (χ3v) is 3.72. The minimum Gasteiger partial charge on any atom is -0.382 e. The van der Waals surface area contributed by atoms with E-state index in [0.29, 0.717) is 35.3 Å². The summed E-state index contributed by atoms with van der Waals surface area (Å²) in [6.45, 7) is 1.92. The fourth-order valence-corrected chi connectivity index (χ4v) is 1.57. The van der Waals surface area contributed by atoms with Gasteiger partial charge in [0.15, 0.2) is 0 Å². The number of hydrogen-bond donors (Lipinski definition) is 0. The van der Waals surface area contributed by atoms with Gasteiger partial charge in [0.1, 0.15) is 4.47 Å². The van der Waals surface area contributed by atoms with E-state index in [1.54, 1.807) is 13.3 Å². The summed E-state index contributed by atoms with van der Waals surface area (Å²) in [6, 6.07) is 0. The molecule has 1 aromatic rings. The van der Waals surface area contributed by atoms with Crippen molar-refractivity contribution in [1.29, 1.82) is 0 Å². The molecule has 1 aromatic heterocycles. The zero-order valence-electron chi connectivity index (χ0n) is 8.78. The van der Waals surface area contributed by atoms with Crippen LogP contribution in [-0.2, 0) is 16.0 Å². The predicted octanol–water partition coefficient (Wildman–Crippen LogP) is 1.43. The summed E-state index contributed by atoms with van der Waals surface area (Å²) in [5.41, 5.74) is -0.176. The average molecular weight is 356 g/mol. The molecule has 0 saturated carbocycles. The van der Waals surface area contributed by atoms with Crippen molar-refractivity contribution in [2.24, 2.45) is 0 Å². The highest BCUT2D eigenvalue weighted by Gasteiger charge is 2.05. The van der Waals surface area contributed by atoms with Gasteiger partial charge in [-0.05, 0) is 31.9 Å². The van der Waals surface area contributed by atoms with Crippen molar-refractivity contribution in [1.82, 2.24) is 9.78 Å². The van der Waals surface area contributed by atoms with Crippen molar-refractivity contribution in [3.05, 3.63) is 25.5 Å². The number of methoxy groups -OCH3 is 1. The van der Waals surface area contributed by atoms with Crippen LogP contribution in [0.25, 0.3) is 0 Å². The van der Waals surface area contributed by atoms with Crippen LogP contribution in [0.5, 0.6) is 0 Å². The van der Waals surface area contributed by atoms with Crippen LogP contribution in [0.15, 0.2) is 19.9 Å². The van der Waals surface area contributed by atoms with Crippen LogP contribution < -0.4 is 5.56 Å². The summed E-state index contributed by atoms with van der Waals surface area (Å²) in [5, 5.41) is 3.97. The largest absolute Gasteiger partial charge is 0.382 e. The molecule has 0 aromatic carbocycles. The van der Waals surface area contributed by atoms with Crippen LogP contribution >= 0.6 is 31.9 Å². The maximum absolute atomic E-state index is 11.7. The highest BCUT2D eigenvalue weighted by Crippen LogP contribution is 2.16. The van der Waals surface area contributed by atoms with Crippen LogP contribution in [0, 0.1) is 0 Å². The fraction of sp³-hybridized carbons (Fsp3) is 0.556. The molecule has 5 nitrogen and oxygen atoms in total. The van der Waals surface area contributed by atoms with E-state index in [1.807, 2.05) is 0 Å². The van der Waals surface area contributed by atoms with Crippen molar-refractivity contribution in [2.45, 2.75) is 6.54 Å². The summed E-state index contributed by atoms with van der Waals surface area (Å²) >= 11 is 6.39. The third-order valence-electron chi connectivity index (χ3n) is 1.82. The van der Waals surface area contributed by atoms with E-state index in [4.69, 9.17) is 9.47 Å². The van der Waals surface area contributed by atoms with Crippen molar-refractivity contribution >= 4 is 31.9 Å². The Morgan fingerprint density at radius 3 is 2.81 bits per heavy atom. The van der Waals surface area contributed by atoms with Gasteiger partial charge in [-0.2, -0.15) is 5.10 Å². The smallest absolute Gasteiger partial charge is 0.282 e. The van der Waals surface area contributed by atoms with Crippen molar-refractivity contribution < 1.29 is 9.47 Å². The molecule has 1 rings (SSSR count). The van der Waals surface area contributed by atoms with E-state index in [2.05, 4.69) is 37.0 Å². The highest BCUT2D eigenvalue weighted by atomic mass is 79.9. The topological polar surface area (TPSA) is 53.4 Å². The Kier molecular flexibility index (Phi) is 6.18. The maximum atomic E-state index is 11.7. The molecule has 7 heteroatoms. The first-order valence-electron chi connectivity index (χ1n) is 4.64. The summed E-state index contributed by atoms with van der Waals surface area (Å²) in [4.78, 5) is 11.7. The van der Waals surface area contributed by atoms with E-state index in [-0.39, 0.29) is 5.56 Å². The minimum atomic E-state index is -0.176. The van der Waals surface area contributed by atoms with Gasteiger partial charge in [0, 0.05) is 7.11 Å². The SMILES string of the molecule is COCCOCCn1ncc(Br)c(Br)c1=O. The van der Waals surface area contributed by atoms with E-state index >= 15 is 0 Å². The highest BCUT2D eigenvalue weighted by molar-refractivity contribution is 9.13. The molecule has 0 unspecified atom stereocenters. The molecule has 0 atom stereocenters. The lowest BCUT2D eigenvalue weighted by Gasteiger charge is -2.06. The third kappa shape index (κ3) is 3.97. The first-order chi connectivity index (χ1) is 7.66. The van der Waals surface area contributed by atoms with Crippen LogP contribution in [0.2, 0.25) is 0 Å². The van der Waals surface area contributed by atoms with Gasteiger partial charge in [0.25, 0.3) is 5.56 Å². The van der Waals surface area contributed by atoms with Crippen molar-refractivity contribution in [3.63, 3.8) is 0 Å². The minimum absolute atomic E-state index is 0.176.